The molecule has 0 atom stereocenters. The van der Waals surface area contributed by atoms with Crippen LogP contribution in [0.1, 0.15) is 5.69 Å². The van der Waals surface area contributed by atoms with Gasteiger partial charge in [-0.25, -0.2) is 4.98 Å². The maximum absolute atomic E-state index is 5.94. The summed E-state index contributed by atoms with van der Waals surface area (Å²) in [5, 5.41) is 0.673. The van der Waals surface area contributed by atoms with Gasteiger partial charge in [0.25, 0.3) is 0 Å². The maximum atomic E-state index is 5.94. The summed E-state index contributed by atoms with van der Waals surface area (Å²) in [6, 6.07) is 3.72. The van der Waals surface area contributed by atoms with Crippen molar-refractivity contribution in [3.05, 3.63) is 33.6 Å². The first-order valence-electron chi connectivity index (χ1n) is 3.49. The van der Waals surface area contributed by atoms with Gasteiger partial charge in [0.15, 0.2) is 5.65 Å². The largest absolute Gasteiger partial charge is 0.293 e. The van der Waals surface area contributed by atoms with Crippen molar-refractivity contribution >= 4 is 33.2 Å². The van der Waals surface area contributed by atoms with E-state index in [0.29, 0.717) is 5.02 Å². The highest BCUT2D eigenvalue weighted by Gasteiger charge is 2.06. The SMILES string of the molecule is Cc1nc2c(Cl)cccn2c1Br. The highest BCUT2D eigenvalue weighted by Crippen LogP contribution is 2.22. The zero-order valence-electron chi connectivity index (χ0n) is 6.38. The molecule has 0 aromatic carbocycles. The molecule has 0 aliphatic rings. The van der Waals surface area contributed by atoms with E-state index in [9.17, 15) is 0 Å². The van der Waals surface area contributed by atoms with Crippen molar-refractivity contribution in [2.45, 2.75) is 6.92 Å². The number of aryl methyl sites for hydroxylation is 1. The van der Waals surface area contributed by atoms with Crippen LogP contribution in [0, 0.1) is 6.92 Å². The Morgan fingerprint density at radius 2 is 2.33 bits per heavy atom. The smallest absolute Gasteiger partial charge is 0.156 e. The van der Waals surface area contributed by atoms with Crippen molar-refractivity contribution in [3.63, 3.8) is 0 Å². The molecule has 4 heteroatoms. The molecule has 2 heterocycles. The topological polar surface area (TPSA) is 17.3 Å². The van der Waals surface area contributed by atoms with Gasteiger partial charge in [-0.2, -0.15) is 0 Å². The molecule has 0 amide bonds. The van der Waals surface area contributed by atoms with Crippen molar-refractivity contribution < 1.29 is 0 Å². The lowest BCUT2D eigenvalue weighted by Gasteiger charge is -1.94. The van der Waals surface area contributed by atoms with E-state index in [1.54, 1.807) is 0 Å². The molecule has 12 heavy (non-hydrogen) atoms. The molecule has 2 nitrogen and oxygen atoms in total. The van der Waals surface area contributed by atoms with Gasteiger partial charge in [-0.3, -0.25) is 4.40 Å². The van der Waals surface area contributed by atoms with E-state index in [0.717, 1.165) is 15.9 Å². The van der Waals surface area contributed by atoms with Crippen LogP contribution >= 0.6 is 27.5 Å². The summed E-state index contributed by atoms with van der Waals surface area (Å²) in [6.07, 6.45) is 1.92. The third-order valence-corrected chi connectivity index (χ3v) is 2.95. The number of fused-ring (bicyclic) bond motifs is 1. The molecule has 2 aromatic heterocycles. The number of aromatic nitrogens is 2. The summed E-state index contributed by atoms with van der Waals surface area (Å²) >= 11 is 9.36. The second-order valence-corrected chi connectivity index (χ2v) is 3.70. The van der Waals surface area contributed by atoms with Crippen LogP contribution in [0.5, 0.6) is 0 Å². The molecule has 0 unspecified atom stereocenters. The number of imidazole rings is 1. The van der Waals surface area contributed by atoms with Gasteiger partial charge in [0.1, 0.15) is 4.60 Å². The predicted molar refractivity (Wildman–Crippen MR) is 52.6 cm³/mol. The van der Waals surface area contributed by atoms with Gasteiger partial charge >= 0.3 is 0 Å². The lowest BCUT2D eigenvalue weighted by molar-refractivity contribution is 1.15. The van der Waals surface area contributed by atoms with Gasteiger partial charge < -0.3 is 0 Å². The summed E-state index contributed by atoms with van der Waals surface area (Å²) < 4.78 is 2.87. The minimum Gasteiger partial charge on any atom is -0.293 e. The van der Waals surface area contributed by atoms with Crippen LogP contribution in [0.3, 0.4) is 0 Å². The Bertz CT molecular complexity index is 436. The number of nitrogens with zero attached hydrogens (tertiary/aromatic N) is 2. The van der Waals surface area contributed by atoms with Crippen molar-refractivity contribution in [1.82, 2.24) is 9.38 Å². The maximum Gasteiger partial charge on any atom is 0.156 e. The van der Waals surface area contributed by atoms with Crippen LogP contribution in [0.2, 0.25) is 5.02 Å². The lowest BCUT2D eigenvalue weighted by Crippen LogP contribution is -1.83. The Morgan fingerprint density at radius 1 is 1.58 bits per heavy atom. The van der Waals surface area contributed by atoms with Gasteiger partial charge in [0.2, 0.25) is 0 Å². The summed E-state index contributed by atoms with van der Waals surface area (Å²) in [4.78, 5) is 4.30. The zero-order chi connectivity index (χ0) is 8.72. The molecule has 0 aliphatic heterocycles. The van der Waals surface area contributed by atoms with Crippen molar-refractivity contribution in [2.24, 2.45) is 0 Å². The molecule has 0 saturated carbocycles. The van der Waals surface area contributed by atoms with Gasteiger partial charge in [-0.05, 0) is 35.0 Å². The molecular formula is C8H6BrClN2. The highest BCUT2D eigenvalue weighted by atomic mass is 79.9. The first-order valence-corrected chi connectivity index (χ1v) is 4.66. The average Bonchev–Trinajstić information content (AvgIpc) is 2.32. The molecule has 0 N–H and O–H groups in total. The van der Waals surface area contributed by atoms with Crippen molar-refractivity contribution in [2.75, 3.05) is 0 Å². The van der Waals surface area contributed by atoms with Gasteiger partial charge in [-0.15, -0.1) is 0 Å². The van der Waals surface area contributed by atoms with Crippen molar-refractivity contribution in [3.8, 4) is 0 Å². The highest BCUT2D eigenvalue weighted by molar-refractivity contribution is 9.10. The Balaban J connectivity index is 2.95. The van der Waals surface area contributed by atoms with Gasteiger partial charge in [-0.1, -0.05) is 11.6 Å². The average molecular weight is 246 g/mol. The Kier molecular flexibility index (Phi) is 1.85. The molecule has 0 radical (unpaired) electrons. The van der Waals surface area contributed by atoms with E-state index in [1.807, 2.05) is 29.7 Å². The van der Waals surface area contributed by atoms with Crippen molar-refractivity contribution in [1.29, 1.82) is 0 Å². The number of pyridine rings is 1. The first kappa shape index (κ1) is 8.08. The Hall–Kier alpha value is -0.540. The minimum absolute atomic E-state index is 0.673. The Labute approximate surface area is 83.3 Å². The minimum atomic E-state index is 0.673. The fourth-order valence-corrected chi connectivity index (χ4v) is 1.70. The number of halogens is 2. The molecule has 62 valence electrons. The zero-order valence-corrected chi connectivity index (χ0v) is 8.72. The van der Waals surface area contributed by atoms with Crippen LogP contribution in [0.15, 0.2) is 22.9 Å². The standard InChI is InChI=1S/C8H6BrClN2/c1-5-7(9)12-4-2-3-6(10)8(12)11-5/h2-4H,1H3. The molecular weight excluding hydrogens is 239 g/mol. The summed E-state index contributed by atoms with van der Waals surface area (Å²) in [5.74, 6) is 0. The summed E-state index contributed by atoms with van der Waals surface area (Å²) in [5.41, 5.74) is 1.74. The molecule has 0 fully saturated rings. The third-order valence-electron chi connectivity index (χ3n) is 1.70. The van der Waals surface area contributed by atoms with Crippen LogP contribution in [-0.4, -0.2) is 9.38 Å². The lowest BCUT2D eigenvalue weighted by atomic mass is 10.5. The van der Waals surface area contributed by atoms with Crippen LogP contribution < -0.4 is 0 Å². The number of hydrogen-bond acceptors (Lipinski definition) is 1. The quantitative estimate of drug-likeness (QED) is 0.697. The second-order valence-electron chi connectivity index (χ2n) is 2.54. The fourth-order valence-electron chi connectivity index (χ4n) is 1.12. The molecule has 2 aromatic rings. The number of hydrogen-bond donors (Lipinski definition) is 0. The monoisotopic (exact) mass is 244 g/mol. The van der Waals surface area contributed by atoms with E-state index in [-0.39, 0.29) is 0 Å². The van der Waals surface area contributed by atoms with E-state index >= 15 is 0 Å². The normalized spacial score (nSPS) is 10.9. The van der Waals surface area contributed by atoms with E-state index < -0.39 is 0 Å². The van der Waals surface area contributed by atoms with E-state index in [4.69, 9.17) is 11.6 Å². The van der Waals surface area contributed by atoms with E-state index in [1.165, 1.54) is 0 Å². The third kappa shape index (κ3) is 1.04. The second kappa shape index (κ2) is 2.75. The first-order chi connectivity index (χ1) is 5.70. The fraction of sp³-hybridized carbons (Fsp3) is 0.125. The molecule has 2 rings (SSSR count). The van der Waals surface area contributed by atoms with E-state index in [2.05, 4.69) is 20.9 Å². The molecule has 0 saturated heterocycles. The molecule has 0 bridgehead atoms. The predicted octanol–water partition coefficient (Wildman–Crippen LogP) is 3.06. The Morgan fingerprint density at radius 3 is 3.00 bits per heavy atom. The van der Waals surface area contributed by atoms with Gasteiger partial charge in [0, 0.05) is 6.20 Å². The van der Waals surface area contributed by atoms with Crippen LogP contribution in [0.4, 0.5) is 0 Å². The summed E-state index contributed by atoms with van der Waals surface area (Å²) in [6.45, 7) is 1.94. The summed E-state index contributed by atoms with van der Waals surface area (Å²) in [7, 11) is 0. The molecule has 0 aliphatic carbocycles. The van der Waals surface area contributed by atoms with Crippen LogP contribution in [0.25, 0.3) is 5.65 Å². The molecule has 0 spiro atoms. The number of rotatable bonds is 0. The van der Waals surface area contributed by atoms with Gasteiger partial charge in [0.05, 0.1) is 10.7 Å². The van der Waals surface area contributed by atoms with Crippen LogP contribution in [-0.2, 0) is 0 Å².